The zero-order chi connectivity index (χ0) is 11.1. The molecule has 1 unspecified atom stereocenters. The van der Waals surface area contributed by atoms with E-state index in [0.29, 0.717) is 6.61 Å². The zero-order valence-corrected chi connectivity index (χ0v) is 9.79. The van der Waals surface area contributed by atoms with Crippen molar-refractivity contribution in [3.63, 3.8) is 0 Å². The number of nitrogens with one attached hydrogen (secondary N) is 1. The maximum absolute atomic E-state index is 11.8. The van der Waals surface area contributed by atoms with Gasteiger partial charge in [-0.3, -0.25) is 0 Å². The Morgan fingerprint density at radius 3 is 2.87 bits per heavy atom. The minimum Gasteiger partial charge on any atom is -0.379 e. The van der Waals surface area contributed by atoms with E-state index in [1.807, 2.05) is 11.8 Å². The van der Waals surface area contributed by atoms with E-state index in [0.717, 1.165) is 39.0 Å². The van der Waals surface area contributed by atoms with Gasteiger partial charge in [-0.15, -0.1) is 0 Å². The number of carbonyl (C=O) groups is 1. The molecule has 0 bridgehead atoms. The van der Waals surface area contributed by atoms with Crippen LogP contribution in [-0.2, 0) is 4.74 Å². The fraction of sp³-hybridized carbons (Fsp3) is 0.909. The second kappa shape index (κ2) is 6.67. The van der Waals surface area contributed by atoms with Crippen LogP contribution in [0.2, 0.25) is 0 Å². The molecular formula is C11H22N2O2. The van der Waals surface area contributed by atoms with Crippen molar-refractivity contribution in [2.75, 3.05) is 26.3 Å². The molecule has 1 heterocycles. The van der Waals surface area contributed by atoms with Gasteiger partial charge in [-0.05, 0) is 19.8 Å². The molecule has 1 aliphatic rings. The van der Waals surface area contributed by atoms with Gasteiger partial charge in [0.15, 0.2) is 0 Å². The van der Waals surface area contributed by atoms with E-state index in [-0.39, 0.29) is 12.1 Å². The van der Waals surface area contributed by atoms with Crippen molar-refractivity contribution < 1.29 is 9.53 Å². The number of amides is 2. The summed E-state index contributed by atoms with van der Waals surface area (Å²) in [6, 6.07) is 0.273. The summed E-state index contributed by atoms with van der Waals surface area (Å²) in [4.78, 5) is 13.7. The molecule has 2 amide bonds. The van der Waals surface area contributed by atoms with E-state index >= 15 is 0 Å². The van der Waals surface area contributed by atoms with Crippen molar-refractivity contribution >= 4 is 6.03 Å². The highest BCUT2D eigenvalue weighted by molar-refractivity contribution is 5.74. The van der Waals surface area contributed by atoms with Crippen LogP contribution >= 0.6 is 0 Å². The van der Waals surface area contributed by atoms with Crippen LogP contribution in [0.25, 0.3) is 0 Å². The predicted molar refractivity (Wildman–Crippen MR) is 59.9 cm³/mol. The predicted octanol–water partition coefficient (Wildman–Crippen LogP) is 1.61. The maximum Gasteiger partial charge on any atom is 0.317 e. The maximum atomic E-state index is 11.8. The van der Waals surface area contributed by atoms with Crippen LogP contribution in [0.15, 0.2) is 0 Å². The van der Waals surface area contributed by atoms with Gasteiger partial charge in [-0.2, -0.15) is 0 Å². The van der Waals surface area contributed by atoms with E-state index < -0.39 is 0 Å². The van der Waals surface area contributed by atoms with Crippen LogP contribution in [0.1, 0.15) is 33.1 Å². The van der Waals surface area contributed by atoms with Crippen LogP contribution in [-0.4, -0.2) is 43.3 Å². The van der Waals surface area contributed by atoms with Gasteiger partial charge in [0.05, 0.1) is 12.6 Å². The van der Waals surface area contributed by atoms with E-state index in [4.69, 9.17) is 4.74 Å². The third-order valence-corrected chi connectivity index (χ3v) is 2.71. The summed E-state index contributed by atoms with van der Waals surface area (Å²) in [6.45, 7) is 7.21. The molecule has 1 saturated heterocycles. The van der Waals surface area contributed by atoms with Crippen molar-refractivity contribution in [2.24, 2.45) is 0 Å². The fourth-order valence-corrected chi connectivity index (χ4v) is 1.67. The molecule has 15 heavy (non-hydrogen) atoms. The Balaban J connectivity index is 2.28. The smallest absolute Gasteiger partial charge is 0.317 e. The van der Waals surface area contributed by atoms with Crippen molar-refractivity contribution in [3.8, 4) is 0 Å². The summed E-state index contributed by atoms with van der Waals surface area (Å²) < 4.78 is 5.22. The highest BCUT2D eigenvalue weighted by Crippen LogP contribution is 2.04. The Morgan fingerprint density at radius 2 is 2.33 bits per heavy atom. The molecular weight excluding hydrogens is 192 g/mol. The number of carbonyl (C=O) groups excluding carboxylic acids is 1. The molecule has 0 saturated carbocycles. The number of unbranched alkanes of at least 4 members (excludes halogenated alkanes) is 1. The summed E-state index contributed by atoms with van der Waals surface area (Å²) >= 11 is 0. The number of ether oxygens (including phenoxy) is 1. The van der Waals surface area contributed by atoms with Gasteiger partial charge >= 0.3 is 6.03 Å². The fourth-order valence-electron chi connectivity index (χ4n) is 1.67. The molecule has 88 valence electrons. The highest BCUT2D eigenvalue weighted by atomic mass is 16.5. The summed E-state index contributed by atoms with van der Waals surface area (Å²) in [7, 11) is 0. The SMILES string of the molecule is CCCCN(CC)C(=O)NC1CCOC1. The normalized spacial score (nSPS) is 20.3. The monoisotopic (exact) mass is 214 g/mol. The molecule has 0 radical (unpaired) electrons. The standard InChI is InChI=1S/C11H22N2O2/c1-3-5-7-13(4-2)11(14)12-10-6-8-15-9-10/h10H,3-9H2,1-2H3,(H,12,14). The summed E-state index contributed by atoms with van der Waals surface area (Å²) in [5.74, 6) is 0. The van der Waals surface area contributed by atoms with Crippen LogP contribution < -0.4 is 5.32 Å². The lowest BCUT2D eigenvalue weighted by atomic mass is 10.2. The molecule has 1 N–H and O–H groups in total. The molecule has 1 fully saturated rings. The number of rotatable bonds is 5. The third kappa shape index (κ3) is 4.08. The van der Waals surface area contributed by atoms with Gasteiger partial charge in [0, 0.05) is 19.7 Å². The molecule has 1 rings (SSSR count). The average Bonchev–Trinajstić information content (AvgIpc) is 2.71. The Bertz CT molecular complexity index is 191. The van der Waals surface area contributed by atoms with Crippen LogP contribution in [0.5, 0.6) is 0 Å². The first-order valence-electron chi connectivity index (χ1n) is 5.91. The minimum atomic E-state index is 0.0569. The Kier molecular flexibility index (Phi) is 5.47. The Labute approximate surface area is 92.0 Å². The van der Waals surface area contributed by atoms with Crippen molar-refractivity contribution in [1.29, 1.82) is 0 Å². The summed E-state index contributed by atoms with van der Waals surface area (Å²) in [6.07, 6.45) is 3.13. The molecule has 1 atom stereocenters. The summed E-state index contributed by atoms with van der Waals surface area (Å²) in [5.41, 5.74) is 0. The number of urea groups is 1. The molecule has 0 spiro atoms. The minimum absolute atomic E-state index is 0.0569. The molecule has 4 heteroatoms. The highest BCUT2D eigenvalue weighted by Gasteiger charge is 2.20. The Hall–Kier alpha value is -0.770. The van der Waals surface area contributed by atoms with Crippen LogP contribution in [0, 0.1) is 0 Å². The summed E-state index contributed by atoms with van der Waals surface area (Å²) in [5, 5.41) is 3.00. The molecule has 4 nitrogen and oxygen atoms in total. The van der Waals surface area contributed by atoms with Gasteiger partial charge in [0.25, 0.3) is 0 Å². The lowest BCUT2D eigenvalue weighted by Crippen LogP contribution is -2.45. The Morgan fingerprint density at radius 1 is 1.53 bits per heavy atom. The molecule has 0 aromatic heterocycles. The first kappa shape index (κ1) is 12.3. The van der Waals surface area contributed by atoms with E-state index in [9.17, 15) is 4.79 Å². The lowest BCUT2D eigenvalue weighted by molar-refractivity contribution is 0.178. The van der Waals surface area contributed by atoms with Gasteiger partial charge in [-0.1, -0.05) is 13.3 Å². The lowest BCUT2D eigenvalue weighted by Gasteiger charge is -2.23. The molecule has 1 aliphatic heterocycles. The average molecular weight is 214 g/mol. The molecule has 0 aliphatic carbocycles. The zero-order valence-electron chi connectivity index (χ0n) is 9.79. The second-order valence-electron chi connectivity index (χ2n) is 3.94. The number of nitrogens with zero attached hydrogens (tertiary/aromatic N) is 1. The van der Waals surface area contributed by atoms with Crippen molar-refractivity contribution in [3.05, 3.63) is 0 Å². The quantitative estimate of drug-likeness (QED) is 0.755. The number of hydrogen-bond donors (Lipinski definition) is 1. The second-order valence-corrected chi connectivity index (χ2v) is 3.94. The van der Waals surface area contributed by atoms with Gasteiger partial charge in [0.1, 0.15) is 0 Å². The third-order valence-electron chi connectivity index (χ3n) is 2.71. The topological polar surface area (TPSA) is 41.6 Å². The first-order valence-corrected chi connectivity index (χ1v) is 5.91. The number of hydrogen-bond acceptors (Lipinski definition) is 2. The van der Waals surface area contributed by atoms with Crippen molar-refractivity contribution in [2.45, 2.75) is 39.2 Å². The van der Waals surface area contributed by atoms with Gasteiger partial charge in [-0.25, -0.2) is 4.79 Å². The van der Waals surface area contributed by atoms with E-state index in [1.165, 1.54) is 0 Å². The van der Waals surface area contributed by atoms with Gasteiger partial charge < -0.3 is 15.0 Å². The van der Waals surface area contributed by atoms with Gasteiger partial charge in [0.2, 0.25) is 0 Å². The van der Waals surface area contributed by atoms with Crippen molar-refractivity contribution in [1.82, 2.24) is 10.2 Å². The van der Waals surface area contributed by atoms with Crippen LogP contribution in [0.3, 0.4) is 0 Å². The van der Waals surface area contributed by atoms with E-state index in [1.54, 1.807) is 0 Å². The molecule has 0 aromatic carbocycles. The van der Waals surface area contributed by atoms with Crippen LogP contribution in [0.4, 0.5) is 4.79 Å². The largest absolute Gasteiger partial charge is 0.379 e. The first-order chi connectivity index (χ1) is 7.27. The van der Waals surface area contributed by atoms with E-state index in [2.05, 4.69) is 12.2 Å². The molecule has 0 aromatic rings.